The molecule has 0 aromatic heterocycles. The summed E-state index contributed by atoms with van der Waals surface area (Å²) in [6.07, 6.45) is -1.39. The molecule has 0 saturated heterocycles. The molecule has 106 valence electrons. The van der Waals surface area contributed by atoms with Crippen LogP contribution in [0.3, 0.4) is 0 Å². The molecular formula is C15H20F3N. The largest absolute Gasteiger partial charge is 0.416 e. The number of nitrogens with one attached hydrogen (secondary N) is 1. The Hall–Kier alpha value is -1.03. The second-order valence-electron chi connectivity index (χ2n) is 5.63. The lowest BCUT2D eigenvalue weighted by atomic mass is 9.88. The minimum atomic E-state index is -4.28. The molecule has 1 atom stereocenters. The van der Waals surface area contributed by atoms with E-state index in [4.69, 9.17) is 0 Å². The van der Waals surface area contributed by atoms with E-state index in [0.717, 1.165) is 25.8 Å². The van der Waals surface area contributed by atoms with E-state index in [2.05, 4.69) is 12.2 Å². The molecule has 1 nitrogen and oxygen atoms in total. The summed E-state index contributed by atoms with van der Waals surface area (Å²) in [4.78, 5) is 0. The van der Waals surface area contributed by atoms with Crippen LogP contribution in [0.5, 0.6) is 0 Å². The van der Waals surface area contributed by atoms with Crippen LogP contribution in [0.1, 0.15) is 50.3 Å². The van der Waals surface area contributed by atoms with E-state index in [0.29, 0.717) is 5.56 Å². The summed E-state index contributed by atoms with van der Waals surface area (Å²) < 4.78 is 39.3. The molecule has 0 amide bonds. The summed E-state index contributed by atoms with van der Waals surface area (Å²) in [5.74, 6) is 0. The highest BCUT2D eigenvalue weighted by Crippen LogP contribution is 2.55. The van der Waals surface area contributed by atoms with Crippen molar-refractivity contribution in [1.82, 2.24) is 5.32 Å². The fourth-order valence-corrected chi connectivity index (χ4v) is 2.51. The predicted molar refractivity (Wildman–Crippen MR) is 69.8 cm³/mol. The van der Waals surface area contributed by atoms with Crippen molar-refractivity contribution in [3.05, 3.63) is 35.4 Å². The van der Waals surface area contributed by atoms with Gasteiger partial charge in [-0.1, -0.05) is 32.0 Å². The molecule has 0 aliphatic heterocycles. The Morgan fingerprint density at radius 2 is 1.89 bits per heavy atom. The molecule has 4 heteroatoms. The molecule has 1 aliphatic rings. The first-order valence-corrected chi connectivity index (χ1v) is 6.78. The molecule has 1 N–H and O–H groups in total. The number of benzene rings is 1. The molecule has 0 spiro atoms. The van der Waals surface area contributed by atoms with Crippen molar-refractivity contribution in [2.24, 2.45) is 5.41 Å². The lowest BCUT2D eigenvalue weighted by Crippen LogP contribution is -2.30. The highest BCUT2D eigenvalue weighted by atomic mass is 19.4. The maximum atomic E-state index is 13.1. The second-order valence-corrected chi connectivity index (χ2v) is 5.63. The van der Waals surface area contributed by atoms with Gasteiger partial charge in [0, 0.05) is 6.04 Å². The van der Waals surface area contributed by atoms with Gasteiger partial charge in [0.15, 0.2) is 0 Å². The molecule has 2 rings (SSSR count). The van der Waals surface area contributed by atoms with Gasteiger partial charge in [0.2, 0.25) is 0 Å². The number of rotatable bonds is 5. The van der Waals surface area contributed by atoms with E-state index in [1.165, 1.54) is 12.1 Å². The Balaban J connectivity index is 2.36. The monoisotopic (exact) mass is 271 g/mol. The predicted octanol–water partition coefficient (Wildman–Crippen LogP) is 4.55. The molecule has 1 unspecified atom stereocenters. The van der Waals surface area contributed by atoms with E-state index >= 15 is 0 Å². The van der Waals surface area contributed by atoms with Gasteiger partial charge in [-0.05, 0) is 42.9 Å². The maximum absolute atomic E-state index is 13.1. The maximum Gasteiger partial charge on any atom is 0.416 e. The fraction of sp³-hybridized carbons (Fsp3) is 0.600. The summed E-state index contributed by atoms with van der Waals surface area (Å²) in [7, 11) is 0. The first-order valence-electron chi connectivity index (χ1n) is 6.78. The normalized spacial score (nSPS) is 19.2. The van der Waals surface area contributed by atoms with Crippen molar-refractivity contribution in [2.75, 3.05) is 6.54 Å². The zero-order valence-corrected chi connectivity index (χ0v) is 11.3. The summed E-state index contributed by atoms with van der Waals surface area (Å²) in [6, 6.07) is 5.74. The van der Waals surface area contributed by atoms with Crippen molar-refractivity contribution >= 4 is 0 Å². The topological polar surface area (TPSA) is 12.0 Å². The van der Waals surface area contributed by atoms with Gasteiger partial charge in [0.25, 0.3) is 0 Å². The lowest BCUT2D eigenvalue weighted by molar-refractivity contribution is -0.138. The van der Waals surface area contributed by atoms with Gasteiger partial charge in [0.1, 0.15) is 0 Å². The van der Waals surface area contributed by atoms with Gasteiger partial charge in [-0.15, -0.1) is 0 Å². The van der Waals surface area contributed by atoms with Gasteiger partial charge in [-0.3, -0.25) is 0 Å². The van der Waals surface area contributed by atoms with Crippen molar-refractivity contribution in [2.45, 2.75) is 45.3 Å². The Kier molecular flexibility index (Phi) is 3.90. The smallest absolute Gasteiger partial charge is 0.309 e. The van der Waals surface area contributed by atoms with Crippen molar-refractivity contribution < 1.29 is 13.2 Å². The molecule has 1 aliphatic carbocycles. The summed E-state index contributed by atoms with van der Waals surface area (Å²) >= 11 is 0. The Morgan fingerprint density at radius 1 is 1.26 bits per heavy atom. The Labute approximate surface area is 112 Å². The number of halogens is 3. The molecule has 1 fully saturated rings. The third kappa shape index (κ3) is 3.11. The van der Waals surface area contributed by atoms with E-state index in [1.54, 1.807) is 12.1 Å². The lowest BCUT2D eigenvalue weighted by Gasteiger charge is -2.28. The standard InChI is InChI=1S/C15H20F3N/c1-3-10-19-13(14(2)8-9-14)11-6-4-5-7-12(11)15(16,17)18/h4-7,13,19H,3,8-10H2,1-2H3. The summed E-state index contributed by atoms with van der Waals surface area (Å²) in [6.45, 7) is 4.83. The minimum absolute atomic E-state index is 0.0312. The van der Waals surface area contributed by atoms with E-state index in [1.807, 2.05) is 6.92 Å². The van der Waals surface area contributed by atoms with Crippen LogP contribution in [0.2, 0.25) is 0 Å². The van der Waals surface area contributed by atoms with E-state index in [9.17, 15) is 13.2 Å². The number of hydrogen-bond donors (Lipinski definition) is 1. The molecule has 0 heterocycles. The van der Waals surface area contributed by atoms with E-state index < -0.39 is 11.7 Å². The average Bonchev–Trinajstić information content (AvgIpc) is 3.08. The van der Waals surface area contributed by atoms with Crippen LogP contribution in [0, 0.1) is 5.41 Å². The Bertz CT molecular complexity index is 435. The van der Waals surface area contributed by atoms with Crippen LogP contribution in [0.4, 0.5) is 13.2 Å². The van der Waals surface area contributed by atoms with E-state index in [-0.39, 0.29) is 11.5 Å². The quantitative estimate of drug-likeness (QED) is 0.828. The number of hydrogen-bond acceptors (Lipinski definition) is 1. The van der Waals surface area contributed by atoms with Crippen LogP contribution in [0.15, 0.2) is 24.3 Å². The van der Waals surface area contributed by atoms with Crippen LogP contribution >= 0.6 is 0 Å². The Morgan fingerprint density at radius 3 is 2.42 bits per heavy atom. The van der Waals surface area contributed by atoms with Gasteiger partial charge in [-0.2, -0.15) is 13.2 Å². The molecule has 1 saturated carbocycles. The zero-order valence-electron chi connectivity index (χ0n) is 11.3. The van der Waals surface area contributed by atoms with Crippen LogP contribution in [-0.4, -0.2) is 6.54 Å². The van der Waals surface area contributed by atoms with Gasteiger partial charge < -0.3 is 5.32 Å². The third-order valence-corrected chi connectivity index (χ3v) is 3.91. The third-order valence-electron chi connectivity index (χ3n) is 3.91. The minimum Gasteiger partial charge on any atom is -0.309 e. The highest BCUT2D eigenvalue weighted by Gasteiger charge is 2.47. The summed E-state index contributed by atoms with van der Waals surface area (Å²) in [5, 5.41) is 3.30. The van der Waals surface area contributed by atoms with Crippen LogP contribution in [-0.2, 0) is 6.18 Å². The van der Waals surface area contributed by atoms with Crippen LogP contribution in [0.25, 0.3) is 0 Å². The molecule has 0 bridgehead atoms. The first-order chi connectivity index (χ1) is 8.88. The molecule has 0 radical (unpaired) electrons. The number of alkyl halides is 3. The molecular weight excluding hydrogens is 251 g/mol. The average molecular weight is 271 g/mol. The molecule has 1 aromatic carbocycles. The van der Waals surface area contributed by atoms with Gasteiger partial charge in [0.05, 0.1) is 5.56 Å². The van der Waals surface area contributed by atoms with Crippen molar-refractivity contribution in [1.29, 1.82) is 0 Å². The summed E-state index contributed by atoms with van der Waals surface area (Å²) in [5.41, 5.74) is -0.142. The zero-order chi connectivity index (χ0) is 14.1. The fourth-order valence-electron chi connectivity index (χ4n) is 2.51. The van der Waals surface area contributed by atoms with Crippen LogP contribution < -0.4 is 5.32 Å². The van der Waals surface area contributed by atoms with Gasteiger partial charge >= 0.3 is 6.18 Å². The molecule has 1 aromatic rings. The van der Waals surface area contributed by atoms with Gasteiger partial charge in [-0.25, -0.2) is 0 Å². The van der Waals surface area contributed by atoms with Crippen molar-refractivity contribution in [3.63, 3.8) is 0 Å². The first kappa shape index (κ1) is 14.4. The SMILES string of the molecule is CCCNC(c1ccccc1C(F)(F)F)C1(C)CC1. The van der Waals surface area contributed by atoms with Crippen molar-refractivity contribution in [3.8, 4) is 0 Å². The second kappa shape index (κ2) is 5.16. The molecule has 19 heavy (non-hydrogen) atoms. The highest BCUT2D eigenvalue weighted by molar-refractivity contribution is 5.34.